The quantitative estimate of drug-likeness (QED) is 0.310. The third-order valence-corrected chi connectivity index (χ3v) is 13.6. The summed E-state index contributed by atoms with van der Waals surface area (Å²) in [5.41, 5.74) is -0.750. The lowest BCUT2D eigenvalue weighted by atomic mass is 9.84. The van der Waals surface area contributed by atoms with Crippen molar-refractivity contribution in [2.24, 2.45) is 16.7 Å². The molecule has 0 spiro atoms. The molecule has 2 aromatic heterocycles. The van der Waals surface area contributed by atoms with Crippen LogP contribution in [0.25, 0.3) is 17.5 Å². The van der Waals surface area contributed by atoms with Gasteiger partial charge in [0.25, 0.3) is 5.91 Å². The summed E-state index contributed by atoms with van der Waals surface area (Å²) in [7, 11) is -2.51. The Labute approximate surface area is 328 Å². The van der Waals surface area contributed by atoms with Crippen molar-refractivity contribution in [1.29, 1.82) is 0 Å². The van der Waals surface area contributed by atoms with E-state index in [4.69, 9.17) is 9.72 Å². The number of nitrogens with one attached hydrogen (secondary N) is 3. The molecule has 0 unspecified atom stereocenters. The molecule has 4 heterocycles. The number of hydrogen-bond acceptors (Lipinski definition) is 12. The lowest BCUT2D eigenvalue weighted by Crippen LogP contribution is -2.59. The van der Waals surface area contributed by atoms with Crippen LogP contribution in [0.5, 0.6) is 5.75 Å². The fourth-order valence-corrected chi connectivity index (χ4v) is 9.57. The molecular formula is C37H47F2N9O6S2. The molecular weight excluding hydrogens is 769 g/mol. The van der Waals surface area contributed by atoms with Crippen LogP contribution in [0.4, 0.5) is 13.9 Å². The van der Waals surface area contributed by atoms with Crippen molar-refractivity contribution in [2.45, 2.75) is 108 Å². The molecule has 2 saturated carbocycles. The van der Waals surface area contributed by atoms with E-state index in [0.29, 0.717) is 41.5 Å². The van der Waals surface area contributed by atoms with Gasteiger partial charge in [-0.2, -0.15) is 4.80 Å². The molecule has 3 aromatic rings. The summed E-state index contributed by atoms with van der Waals surface area (Å²) in [6, 6.07) is 2.65. The lowest BCUT2D eigenvalue weighted by molar-refractivity contribution is -0.141. The third-order valence-electron chi connectivity index (χ3n) is 10.9. The van der Waals surface area contributed by atoms with Crippen molar-refractivity contribution in [1.82, 2.24) is 40.1 Å². The number of aromatic nitrogens is 5. The standard InChI is InChI=1S/C37H47F2N9O6S2/c1-35(2,3)28-32(50)47-18-23(15-26(47)31(49)42-37(17-25(37)29(38)39)33(51)45-56(52,53)24-10-11-24)48-44-30(43-46-48)21-9-12-27(54-6)20(14-21)8-7-13-36(4,5)16-22-19-55-34(40-22)41-28/h7-9,12,14,19,23-26,28-29H,10-11,13,15-18H2,1-6H3,(H,40,41)(H,42,49)(H,45,51)/b8-7+/t23-,25+,26+,28-,37-/m1/s1. The molecule has 0 radical (unpaired) electrons. The average Bonchev–Trinajstić information content (AvgIpc) is 3.93. The molecule has 302 valence electrons. The van der Waals surface area contributed by atoms with E-state index in [1.165, 1.54) is 21.0 Å². The number of halogens is 2. The van der Waals surface area contributed by atoms with Crippen LogP contribution in [-0.4, -0.2) is 99.2 Å². The first-order valence-electron chi connectivity index (χ1n) is 18.6. The number of allylic oxidation sites excluding steroid dienone is 1. The van der Waals surface area contributed by atoms with Crippen LogP contribution in [0.1, 0.15) is 84.0 Å². The van der Waals surface area contributed by atoms with E-state index < -0.39 is 80.8 Å². The van der Waals surface area contributed by atoms with Crippen LogP contribution < -0.4 is 20.1 Å². The maximum absolute atomic E-state index is 14.8. The number of rotatable bonds is 7. The number of ether oxygens (including phenoxy) is 1. The van der Waals surface area contributed by atoms with Crippen molar-refractivity contribution < 1.29 is 36.3 Å². The molecule has 1 aromatic carbocycles. The summed E-state index contributed by atoms with van der Waals surface area (Å²) in [6.45, 7) is 9.86. The number of hydrogen-bond donors (Lipinski definition) is 3. The summed E-state index contributed by atoms with van der Waals surface area (Å²) in [5.74, 6) is -3.22. The number of nitrogens with zero attached hydrogens (tertiary/aromatic N) is 6. The first-order chi connectivity index (χ1) is 26.3. The number of anilines is 1. The zero-order valence-electron chi connectivity index (χ0n) is 32.1. The first-order valence-corrected chi connectivity index (χ1v) is 21.0. The van der Waals surface area contributed by atoms with Crippen LogP contribution in [0.2, 0.25) is 0 Å². The van der Waals surface area contributed by atoms with Gasteiger partial charge in [0.1, 0.15) is 23.4 Å². The number of amides is 3. The number of carbonyl (C=O) groups is 3. The van der Waals surface area contributed by atoms with Gasteiger partial charge < -0.3 is 20.3 Å². The lowest BCUT2D eigenvalue weighted by Gasteiger charge is -2.35. The van der Waals surface area contributed by atoms with Crippen LogP contribution in [0.3, 0.4) is 0 Å². The van der Waals surface area contributed by atoms with E-state index >= 15 is 0 Å². The Morgan fingerprint density at radius 1 is 1.18 bits per heavy atom. The van der Waals surface area contributed by atoms with Crippen molar-refractivity contribution in [2.75, 3.05) is 19.0 Å². The minimum absolute atomic E-state index is 0.0469. The van der Waals surface area contributed by atoms with E-state index in [0.717, 1.165) is 17.7 Å². The summed E-state index contributed by atoms with van der Waals surface area (Å²) in [4.78, 5) is 50.0. The molecule has 15 nitrogen and oxygen atoms in total. The second kappa shape index (κ2) is 14.5. The maximum atomic E-state index is 14.8. The molecule has 2 aliphatic heterocycles. The van der Waals surface area contributed by atoms with E-state index in [9.17, 15) is 31.6 Å². The fourth-order valence-electron chi connectivity index (χ4n) is 7.47. The zero-order valence-corrected chi connectivity index (χ0v) is 33.7. The maximum Gasteiger partial charge on any atom is 0.259 e. The van der Waals surface area contributed by atoms with Gasteiger partial charge in [0.15, 0.2) is 5.13 Å². The van der Waals surface area contributed by atoms with Gasteiger partial charge in [0.2, 0.25) is 34.1 Å². The fraction of sp³-hybridized carbons (Fsp3) is 0.595. The monoisotopic (exact) mass is 815 g/mol. The highest BCUT2D eigenvalue weighted by atomic mass is 32.2. The third kappa shape index (κ3) is 8.01. The number of fused-ring (bicyclic) bond motifs is 10. The molecule has 2 aliphatic carbocycles. The normalized spacial score (nSPS) is 26.9. The second-order valence-corrected chi connectivity index (χ2v) is 19.9. The van der Waals surface area contributed by atoms with Gasteiger partial charge in [-0.3, -0.25) is 19.1 Å². The number of benzene rings is 1. The van der Waals surface area contributed by atoms with Gasteiger partial charge >= 0.3 is 0 Å². The zero-order chi connectivity index (χ0) is 40.4. The Balaban J connectivity index is 1.26. The second-order valence-electron chi connectivity index (χ2n) is 17.1. The Bertz CT molecular complexity index is 2160. The van der Waals surface area contributed by atoms with Crippen LogP contribution >= 0.6 is 11.3 Å². The highest BCUT2D eigenvalue weighted by Crippen LogP contribution is 2.49. The van der Waals surface area contributed by atoms with Crippen molar-refractivity contribution in [3.63, 3.8) is 0 Å². The van der Waals surface area contributed by atoms with E-state index in [1.807, 2.05) is 49.1 Å². The summed E-state index contributed by atoms with van der Waals surface area (Å²) in [5, 5.41) is 20.7. The minimum Gasteiger partial charge on any atom is -0.496 e. The number of methoxy groups -OCH3 is 1. The number of carbonyl (C=O) groups excluding carboxylic acids is 3. The minimum atomic E-state index is -4.11. The Morgan fingerprint density at radius 2 is 1.93 bits per heavy atom. The van der Waals surface area contributed by atoms with Crippen molar-refractivity contribution in [3.8, 4) is 17.1 Å². The molecule has 56 heavy (non-hydrogen) atoms. The number of tetrazole rings is 1. The smallest absolute Gasteiger partial charge is 0.259 e. The molecule has 4 aliphatic rings. The van der Waals surface area contributed by atoms with E-state index in [-0.39, 0.29) is 18.4 Å². The highest BCUT2D eigenvalue weighted by molar-refractivity contribution is 7.91. The van der Waals surface area contributed by atoms with Gasteiger partial charge in [0.05, 0.1) is 30.0 Å². The number of thiazole rings is 1. The summed E-state index contributed by atoms with van der Waals surface area (Å²) < 4.78 is 61.2. The Morgan fingerprint density at radius 3 is 2.59 bits per heavy atom. The topological polar surface area (TPSA) is 190 Å². The molecule has 3 N–H and O–H groups in total. The molecule has 1 saturated heterocycles. The van der Waals surface area contributed by atoms with E-state index in [2.05, 4.69) is 46.0 Å². The predicted octanol–water partition coefficient (Wildman–Crippen LogP) is 4.21. The Kier molecular flexibility index (Phi) is 10.2. The molecule has 3 fully saturated rings. The summed E-state index contributed by atoms with van der Waals surface area (Å²) >= 11 is 1.36. The van der Waals surface area contributed by atoms with Crippen LogP contribution in [-0.2, 0) is 30.8 Å². The van der Waals surface area contributed by atoms with Crippen LogP contribution in [0, 0.1) is 16.7 Å². The molecule has 3 amide bonds. The first kappa shape index (κ1) is 39.7. The number of alkyl halides is 2. The number of sulfonamides is 1. The van der Waals surface area contributed by atoms with Gasteiger partial charge in [-0.1, -0.05) is 46.8 Å². The van der Waals surface area contributed by atoms with Crippen LogP contribution in [0.15, 0.2) is 29.7 Å². The van der Waals surface area contributed by atoms with Crippen molar-refractivity contribution >= 4 is 50.3 Å². The molecule has 7 rings (SSSR count). The van der Waals surface area contributed by atoms with E-state index in [1.54, 1.807) is 13.2 Å². The largest absolute Gasteiger partial charge is 0.496 e. The van der Waals surface area contributed by atoms with Gasteiger partial charge in [0, 0.05) is 29.5 Å². The predicted molar refractivity (Wildman–Crippen MR) is 204 cm³/mol. The van der Waals surface area contributed by atoms with Gasteiger partial charge in [-0.25, -0.2) is 22.2 Å². The highest BCUT2D eigenvalue weighted by Gasteiger charge is 2.67. The summed E-state index contributed by atoms with van der Waals surface area (Å²) in [6.07, 6.45) is 2.63. The Hall–Kier alpha value is -4.52. The average molecular weight is 816 g/mol. The van der Waals surface area contributed by atoms with Gasteiger partial charge in [-0.15, -0.1) is 21.5 Å². The molecule has 19 heteroatoms. The molecule has 5 atom stereocenters. The SMILES string of the molecule is COc1ccc2cc1/C=C/CC(C)(C)Cc1csc(n1)N[C@@H](C(C)(C)C)C(=O)N1C[C@@H](C[C@H]1C(=O)N[C@]1(C(=O)NS(=O)(=O)C3CC3)C[C@H]1C(F)F)n1nnc-2n1. The molecule has 8 bridgehead atoms. The van der Waals surface area contributed by atoms with Gasteiger partial charge in [-0.05, 0) is 66.3 Å². The van der Waals surface area contributed by atoms with Crippen molar-refractivity contribution in [3.05, 3.63) is 40.9 Å².